The molecule has 140 valence electrons. The predicted molar refractivity (Wildman–Crippen MR) is 109 cm³/mol. The number of imidazole rings is 1. The Morgan fingerprint density at radius 1 is 1.04 bits per heavy atom. The van der Waals surface area contributed by atoms with Crippen molar-refractivity contribution in [1.82, 2.24) is 9.97 Å². The summed E-state index contributed by atoms with van der Waals surface area (Å²) >= 11 is 5.73. The Bertz CT molecular complexity index is 1110. The highest BCUT2D eigenvalue weighted by Gasteiger charge is 2.09. The monoisotopic (exact) mass is 393 g/mol. The summed E-state index contributed by atoms with van der Waals surface area (Å²) in [6, 6.07) is 19.5. The number of nitrogens with zero attached hydrogens (tertiary/aromatic N) is 1. The summed E-state index contributed by atoms with van der Waals surface area (Å²) in [6.45, 7) is 0. The molecule has 28 heavy (non-hydrogen) atoms. The lowest BCUT2D eigenvalue weighted by atomic mass is 10.1. The maximum absolute atomic E-state index is 13.2. The molecule has 0 unspecified atom stereocenters. The molecule has 0 radical (unpaired) electrons. The van der Waals surface area contributed by atoms with Crippen LogP contribution in [0.5, 0.6) is 0 Å². The van der Waals surface area contributed by atoms with Crippen molar-refractivity contribution in [3.63, 3.8) is 0 Å². The van der Waals surface area contributed by atoms with Gasteiger partial charge in [0.15, 0.2) is 0 Å². The molecule has 0 aliphatic rings. The molecule has 3 aromatic carbocycles. The van der Waals surface area contributed by atoms with Crippen LogP contribution in [0.25, 0.3) is 11.0 Å². The summed E-state index contributed by atoms with van der Waals surface area (Å²) in [4.78, 5) is 20.2. The van der Waals surface area contributed by atoms with Crippen LogP contribution >= 0.6 is 11.6 Å². The second-order valence-electron chi connectivity index (χ2n) is 6.48. The Kier molecular flexibility index (Phi) is 5.08. The fourth-order valence-electron chi connectivity index (χ4n) is 2.98. The fourth-order valence-corrected chi connectivity index (χ4v) is 3.16. The van der Waals surface area contributed by atoms with E-state index in [-0.39, 0.29) is 10.9 Å². The van der Waals surface area contributed by atoms with Crippen LogP contribution in [0, 0.1) is 5.82 Å². The highest BCUT2D eigenvalue weighted by atomic mass is 35.5. The Labute approximate surface area is 166 Å². The van der Waals surface area contributed by atoms with E-state index in [2.05, 4.69) is 15.3 Å². The number of aromatic amines is 1. The van der Waals surface area contributed by atoms with Crippen molar-refractivity contribution in [3.05, 3.63) is 94.5 Å². The third-order valence-corrected chi connectivity index (χ3v) is 4.77. The van der Waals surface area contributed by atoms with Crippen LogP contribution < -0.4 is 5.32 Å². The van der Waals surface area contributed by atoms with E-state index in [4.69, 9.17) is 11.6 Å². The van der Waals surface area contributed by atoms with E-state index in [0.717, 1.165) is 35.3 Å². The van der Waals surface area contributed by atoms with Gasteiger partial charge in [0.2, 0.25) is 0 Å². The minimum absolute atomic E-state index is 0.0754. The molecule has 4 nitrogen and oxygen atoms in total. The number of hydrogen-bond acceptors (Lipinski definition) is 2. The van der Waals surface area contributed by atoms with Crippen molar-refractivity contribution in [3.8, 4) is 0 Å². The van der Waals surface area contributed by atoms with Gasteiger partial charge in [-0.15, -0.1) is 0 Å². The van der Waals surface area contributed by atoms with Crippen LogP contribution in [0.2, 0.25) is 5.02 Å². The zero-order chi connectivity index (χ0) is 19.5. The van der Waals surface area contributed by atoms with Crippen molar-refractivity contribution in [1.29, 1.82) is 0 Å². The number of carbonyl (C=O) groups is 1. The van der Waals surface area contributed by atoms with Gasteiger partial charge in [0.05, 0.1) is 16.1 Å². The van der Waals surface area contributed by atoms with Crippen LogP contribution in [0.3, 0.4) is 0 Å². The van der Waals surface area contributed by atoms with Crippen molar-refractivity contribution in [2.45, 2.75) is 12.8 Å². The zero-order valence-corrected chi connectivity index (χ0v) is 15.6. The first-order valence-corrected chi connectivity index (χ1v) is 9.25. The molecule has 4 aromatic rings. The summed E-state index contributed by atoms with van der Waals surface area (Å²) in [5, 5.41) is 2.71. The van der Waals surface area contributed by atoms with Gasteiger partial charge in [0.1, 0.15) is 11.6 Å². The van der Waals surface area contributed by atoms with E-state index in [0.29, 0.717) is 11.3 Å². The standard InChI is InChI=1S/C22H17ClFN3O/c23-17-13-15(8-11-18(17)24)22(28)25-16-9-5-14(6-10-16)7-12-21-26-19-3-1-2-4-20(19)27-21/h1-6,8-11,13H,7,12H2,(H,25,28)(H,26,27). The smallest absolute Gasteiger partial charge is 0.255 e. The number of fused-ring (bicyclic) bond motifs is 1. The molecule has 1 heterocycles. The Morgan fingerprint density at radius 2 is 1.82 bits per heavy atom. The largest absolute Gasteiger partial charge is 0.342 e. The number of carbonyl (C=O) groups excluding carboxylic acids is 1. The molecule has 4 rings (SSSR count). The number of anilines is 1. The van der Waals surface area contributed by atoms with E-state index >= 15 is 0 Å². The third-order valence-electron chi connectivity index (χ3n) is 4.48. The number of amides is 1. The van der Waals surface area contributed by atoms with Crippen molar-refractivity contribution in [2.75, 3.05) is 5.32 Å². The van der Waals surface area contributed by atoms with Gasteiger partial charge in [-0.3, -0.25) is 4.79 Å². The molecular formula is C22H17ClFN3O. The summed E-state index contributed by atoms with van der Waals surface area (Å²) in [6.07, 6.45) is 1.64. The van der Waals surface area contributed by atoms with Crippen LogP contribution in [-0.4, -0.2) is 15.9 Å². The van der Waals surface area contributed by atoms with Crippen molar-refractivity contribution < 1.29 is 9.18 Å². The van der Waals surface area contributed by atoms with Gasteiger partial charge in [0.25, 0.3) is 5.91 Å². The second kappa shape index (κ2) is 7.82. The number of H-pyrrole nitrogens is 1. The van der Waals surface area contributed by atoms with Crippen LogP contribution in [-0.2, 0) is 12.8 Å². The molecule has 0 saturated carbocycles. The summed E-state index contributed by atoms with van der Waals surface area (Å²) < 4.78 is 13.2. The third kappa shape index (κ3) is 4.05. The molecule has 0 aliphatic carbocycles. The van der Waals surface area contributed by atoms with E-state index < -0.39 is 5.82 Å². The van der Waals surface area contributed by atoms with Gasteiger partial charge >= 0.3 is 0 Å². The van der Waals surface area contributed by atoms with E-state index in [1.807, 2.05) is 48.5 Å². The van der Waals surface area contributed by atoms with Crippen molar-refractivity contribution in [2.24, 2.45) is 0 Å². The number of aryl methyl sites for hydroxylation is 2. The number of aromatic nitrogens is 2. The number of benzene rings is 3. The molecule has 1 amide bonds. The van der Waals surface area contributed by atoms with Gasteiger partial charge in [-0.1, -0.05) is 35.9 Å². The maximum atomic E-state index is 13.2. The van der Waals surface area contributed by atoms with Crippen LogP contribution in [0.1, 0.15) is 21.7 Å². The second-order valence-corrected chi connectivity index (χ2v) is 6.89. The Balaban J connectivity index is 1.37. The number of nitrogens with one attached hydrogen (secondary N) is 2. The number of rotatable bonds is 5. The minimum atomic E-state index is -0.549. The van der Waals surface area contributed by atoms with Gasteiger partial charge in [-0.25, -0.2) is 9.37 Å². The lowest BCUT2D eigenvalue weighted by Crippen LogP contribution is -2.12. The van der Waals surface area contributed by atoms with E-state index in [9.17, 15) is 9.18 Å². The van der Waals surface area contributed by atoms with Crippen LogP contribution in [0.4, 0.5) is 10.1 Å². The summed E-state index contributed by atoms with van der Waals surface area (Å²) in [5.41, 5.74) is 4.12. The van der Waals surface area contributed by atoms with Gasteiger partial charge in [-0.05, 0) is 54.4 Å². The first-order chi connectivity index (χ1) is 13.6. The molecule has 0 atom stereocenters. The quantitative estimate of drug-likeness (QED) is 0.477. The van der Waals surface area contributed by atoms with E-state index in [1.54, 1.807) is 0 Å². The number of halogens is 2. The van der Waals surface area contributed by atoms with E-state index in [1.165, 1.54) is 18.2 Å². The first kappa shape index (κ1) is 18.2. The SMILES string of the molecule is O=C(Nc1ccc(CCc2nc3ccccc3[nH]2)cc1)c1ccc(F)c(Cl)c1. The topological polar surface area (TPSA) is 57.8 Å². The number of hydrogen-bond donors (Lipinski definition) is 2. The molecule has 0 spiro atoms. The average Bonchev–Trinajstić information content (AvgIpc) is 3.12. The highest BCUT2D eigenvalue weighted by Crippen LogP contribution is 2.18. The Morgan fingerprint density at radius 3 is 2.57 bits per heavy atom. The molecule has 0 fully saturated rings. The lowest BCUT2D eigenvalue weighted by molar-refractivity contribution is 0.102. The van der Waals surface area contributed by atoms with Crippen LogP contribution in [0.15, 0.2) is 66.7 Å². The zero-order valence-electron chi connectivity index (χ0n) is 14.9. The van der Waals surface area contributed by atoms with Gasteiger partial charge in [-0.2, -0.15) is 0 Å². The molecule has 2 N–H and O–H groups in total. The molecule has 0 aliphatic heterocycles. The Hall–Kier alpha value is -3.18. The number of para-hydroxylation sites is 2. The minimum Gasteiger partial charge on any atom is -0.342 e. The maximum Gasteiger partial charge on any atom is 0.255 e. The normalized spacial score (nSPS) is 10.9. The molecule has 1 aromatic heterocycles. The lowest BCUT2D eigenvalue weighted by Gasteiger charge is -2.07. The molecule has 6 heteroatoms. The van der Waals surface area contributed by atoms with Crippen molar-refractivity contribution >= 4 is 34.2 Å². The van der Waals surface area contributed by atoms with Gasteiger partial charge < -0.3 is 10.3 Å². The summed E-state index contributed by atoms with van der Waals surface area (Å²) in [7, 11) is 0. The predicted octanol–water partition coefficient (Wildman–Crippen LogP) is 5.39. The molecular weight excluding hydrogens is 377 g/mol. The highest BCUT2D eigenvalue weighted by molar-refractivity contribution is 6.31. The fraction of sp³-hybridized carbons (Fsp3) is 0.0909. The molecule has 0 bridgehead atoms. The molecule has 0 saturated heterocycles. The van der Waals surface area contributed by atoms with Gasteiger partial charge in [0, 0.05) is 17.7 Å². The first-order valence-electron chi connectivity index (χ1n) is 8.87. The average molecular weight is 394 g/mol. The summed E-state index contributed by atoms with van der Waals surface area (Å²) in [5.74, 6) is 0.0655.